The SMILES string of the molecule is CCCNC(=O)c1ccc(N2CCN(C(=O)c3cc(-c4cccc(O)c4)cs3)CC2)cc1. The molecule has 0 atom stereocenters. The highest BCUT2D eigenvalue weighted by Gasteiger charge is 2.23. The van der Waals surface area contributed by atoms with Gasteiger partial charge in [0, 0.05) is 44.0 Å². The molecule has 1 aliphatic rings. The third kappa shape index (κ3) is 4.94. The Morgan fingerprint density at radius 3 is 2.44 bits per heavy atom. The molecule has 1 saturated heterocycles. The number of carbonyl (C=O) groups excluding carboxylic acids is 2. The molecule has 0 aliphatic carbocycles. The highest BCUT2D eigenvalue weighted by atomic mass is 32.1. The van der Waals surface area contributed by atoms with Crippen LogP contribution in [-0.4, -0.2) is 54.5 Å². The lowest BCUT2D eigenvalue weighted by atomic mass is 10.1. The average molecular weight is 450 g/mol. The number of carbonyl (C=O) groups is 2. The van der Waals surface area contributed by atoms with Crippen molar-refractivity contribution in [2.24, 2.45) is 0 Å². The first-order valence-corrected chi connectivity index (χ1v) is 11.7. The van der Waals surface area contributed by atoms with E-state index in [1.54, 1.807) is 18.2 Å². The van der Waals surface area contributed by atoms with E-state index in [0.717, 1.165) is 36.3 Å². The van der Waals surface area contributed by atoms with E-state index in [4.69, 9.17) is 0 Å². The molecule has 2 amide bonds. The molecule has 4 rings (SSSR count). The van der Waals surface area contributed by atoms with Gasteiger partial charge >= 0.3 is 0 Å². The van der Waals surface area contributed by atoms with E-state index in [9.17, 15) is 14.7 Å². The molecule has 2 aromatic carbocycles. The average Bonchev–Trinajstić information content (AvgIpc) is 3.33. The smallest absolute Gasteiger partial charge is 0.264 e. The van der Waals surface area contributed by atoms with Crippen LogP contribution in [0.4, 0.5) is 5.69 Å². The molecule has 7 heteroatoms. The molecule has 1 aliphatic heterocycles. The number of amides is 2. The number of phenols is 1. The number of nitrogens with one attached hydrogen (secondary N) is 1. The third-order valence-electron chi connectivity index (χ3n) is 5.59. The summed E-state index contributed by atoms with van der Waals surface area (Å²) >= 11 is 1.43. The number of benzene rings is 2. The second-order valence-corrected chi connectivity index (χ2v) is 8.74. The van der Waals surface area contributed by atoms with Crippen molar-refractivity contribution < 1.29 is 14.7 Å². The van der Waals surface area contributed by atoms with Gasteiger partial charge in [-0.1, -0.05) is 19.1 Å². The van der Waals surface area contributed by atoms with E-state index in [-0.39, 0.29) is 17.6 Å². The topological polar surface area (TPSA) is 72.9 Å². The van der Waals surface area contributed by atoms with Gasteiger partial charge in [0.25, 0.3) is 11.8 Å². The summed E-state index contributed by atoms with van der Waals surface area (Å²) in [7, 11) is 0. The normalized spacial score (nSPS) is 13.8. The van der Waals surface area contributed by atoms with Crippen molar-refractivity contribution in [3.63, 3.8) is 0 Å². The van der Waals surface area contributed by atoms with Gasteiger partial charge in [0.1, 0.15) is 5.75 Å². The molecule has 2 N–H and O–H groups in total. The maximum absolute atomic E-state index is 13.0. The lowest BCUT2D eigenvalue weighted by Crippen LogP contribution is -2.48. The van der Waals surface area contributed by atoms with Crippen molar-refractivity contribution in [2.75, 3.05) is 37.6 Å². The zero-order valence-electron chi connectivity index (χ0n) is 18.1. The van der Waals surface area contributed by atoms with Gasteiger partial charge in [-0.3, -0.25) is 9.59 Å². The number of aromatic hydroxyl groups is 1. The molecule has 0 unspecified atom stereocenters. The molecule has 0 bridgehead atoms. The summed E-state index contributed by atoms with van der Waals surface area (Å²) in [5.41, 5.74) is 3.57. The minimum absolute atomic E-state index is 0.0454. The van der Waals surface area contributed by atoms with Crippen LogP contribution in [0, 0.1) is 0 Å². The lowest BCUT2D eigenvalue weighted by Gasteiger charge is -2.36. The van der Waals surface area contributed by atoms with Gasteiger partial charge in [-0.15, -0.1) is 11.3 Å². The summed E-state index contributed by atoms with van der Waals surface area (Å²) in [6.45, 7) is 5.50. The Kier molecular flexibility index (Phi) is 6.75. The number of piperazine rings is 1. The molecule has 32 heavy (non-hydrogen) atoms. The fraction of sp³-hybridized carbons (Fsp3) is 0.280. The Bertz CT molecular complexity index is 1090. The van der Waals surface area contributed by atoms with Crippen molar-refractivity contribution in [1.29, 1.82) is 0 Å². The molecule has 0 radical (unpaired) electrons. The molecular weight excluding hydrogens is 422 g/mol. The van der Waals surface area contributed by atoms with Crippen molar-refractivity contribution >= 4 is 28.8 Å². The first-order valence-electron chi connectivity index (χ1n) is 10.9. The number of rotatable bonds is 6. The standard InChI is InChI=1S/C25H27N3O3S/c1-2-10-26-24(30)18-6-8-21(9-7-18)27-11-13-28(14-12-27)25(31)23-16-20(17-32-23)19-4-3-5-22(29)15-19/h3-9,15-17,29H,2,10-14H2,1H3,(H,26,30). The minimum Gasteiger partial charge on any atom is -0.508 e. The summed E-state index contributed by atoms with van der Waals surface area (Å²) in [4.78, 5) is 29.9. The monoisotopic (exact) mass is 449 g/mol. The van der Waals surface area contributed by atoms with E-state index < -0.39 is 0 Å². The largest absolute Gasteiger partial charge is 0.508 e. The summed E-state index contributed by atoms with van der Waals surface area (Å²) in [6, 6.07) is 16.6. The number of thiophene rings is 1. The number of hydrogen-bond donors (Lipinski definition) is 2. The predicted molar refractivity (Wildman–Crippen MR) is 129 cm³/mol. The number of nitrogens with zero attached hydrogens (tertiary/aromatic N) is 2. The maximum Gasteiger partial charge on any atom is 0.264 e. The van der Waals surface area contributed by atoms with Gasteiger partial charge in [0.05, 0.1) is 4.88 Å². The van der Waals surface area contributed by atoms with Crippen molar-refractivity contribution in [1.82, 2.24) is 10.2 Å². The van der Waals surface area contributed by atoms with Crippen LogP contribution < -0.4 is 10.2 Å². The Morgan fingerprint density at radius 1 is 1.00 bits per heavy atom. The van der Waals surface area contributed by atoms with Gasteiger partial charge < -0.3 is 20.2 Å². The summed E-state index contributed by atoms with van der Waals surface area (Å²) in [6.07, 6.45) is 0.912. The summed E-state index contributed by atoms with van der Waals surface area (Å²) in [5.74, 6) is 0.214. The maximum atomic E-state index is 13.0. The molecule has 1 aromatic heterocycles. The van der Waals surface area contributed by atoms with Crippen LogP contribution >= 0.6 is 11.3 Å². The van der Waals surface area contributed by atoms with Crippen LogP contribution in [0.1, 0.15) is 33.4 Å². The van der Waals surface area contributed by atoms with Crippen molar-refractivity contribution in [3.8, 4) is 16.9 Å². The van der Waals surface area contributed by atoms with E-state index in [1.165, 1.54) is 11.3 Å². The molecule has 166 valence electrons. The van der Waals surface area contributed by atoms with Crippen LogP contribution in [0.25, 0.3) is 11.1 Å². The fourth-order valence-corrected chi connectivity index (χ4v) is 4.66. The first-order chi connectivity index (χ1) is 15.5. The molecule has 0 saturated carbocycles. The third-order valence-corrected chi connectivity index (χ3v) is 6.51. The Morgan fingerprint density at radius 2 is 1.75 bits per heavy atom. The fourth-order valence-electron chi connectivity index (χ4n) is 3.77. The van der Waals surface area contributed by atoms with Gasteiger partial charge in [0.2, 0.25) is 0 Å². The second kappa shape index (κ2) is 9.87. The Balaban J connectivity index is 1.34. The van der Waals surface area contributed by atoms with Gasteiger partial charge in [-0.05, 0) is 65.4 Å². The number of anilines is 1. The van der Waals surface area contributed by atoms with E-state index in [2.05, 4.69) is 10.2 Å². The molecule has 3 aromatic rings. The molecule has 1 fully saturated rings. The quantitative estimate of drug-likeness (QED) is 0.591. The lowest BCUT2D eigenvalue weighted by molar-refractivity contribution is 0.0751. The summed E-state index contributed by atoms with van der Waals surface area (Å²) in [5, 5.41) is 14.5. The van der Waals surface area contributed by atoms with Crippen LogP contribution in [0.2, 0.25) is 0 Å². The number of phenolic OH excluding ortho intramolecular Hbond substituents is 1. The van der Waals surface area contributed by atoms with Gasteiger partial charge in [-0.25, -0.2) is 0 Å². The zero-order chi connectivity index (χ0) is 22.5. The van der Waals surface area contributed by atoms with E-state index >= 15 is 0 Å². The molecule has 6 nitrogen and oxygen atoms in total. The van der Waals surface area contributed by atoms with Crippen LogP contribution in [-0.2, 0) is 0 Å². The van der Waals surface area contributed by atoms with Gasteiger partial charge in [-0.2, -0.15) is 0 Å². The molecule has 2 heterocycles. The highest BCUT2D eigenvalue weighted by molar-refractivity contribution is 7.12. The Hall–Kier alpha value is -3.32. The predicted octanol–water partition coefficient (Wildman–Crippen LogP) is 4.22. The molecule has 0 spiro atoms. The van der Waals surface area contributed by atoms with E-state index in [0.29, 0.717) is 30.1 Å². The number of hydrogen-bond acceptors (Lipinski definition) is 5. The van der Waals surface area contributed by atoms with Crippen LogP contribution in [0.15, 0.2) is 60.0 Å². The summed E-state index contributed by atoms with van der Waals surface area (Å²) < 4.78 is 0. The second-order valence-electron chi connectivity index (χ2n) is 7.83. The molecular formula is C25H27N3O3S. The van der Waals surface area contributed by atoms with Crippen molar-refractivity contribution in [2.45, 2.75) is 13.3 Å². The van der Waals surface area contributed by atoms with E-state index in [1.807, 2.05) is 53.6 Å². The van der Waals surface area contributed by atoms with Crippen LogP contribution in [0.5, 0.6) is 5.75 Å². The first kappa shape index (κ1) is 21.9. The Labute approximate surface area is 192 Å². The van der Waals surface area contributed by atoms with Crippen molar-refractivity contribution in [3.05, 3.63) is 70.4 Å². The minimum atomic E-state index is -0.0464. The highest BCUT2D eigenvalue weighted by Crippen LogP contribution is 2.29. The van der Waals surface area contributed by atoms with Gasteiger partial charge in [0.15, 0.2) is 0 Å². The van der Waals surface area contributed by atoms with Crippen LogP contribution in [0.3, 0.4) is 0 Å². The zero-order valence-corrected chi connectivity index (χ0v) is 18.9.